The largest absolute Gasteiger partial charge is 0.396 e. The van der Waals surface area contributed by atoms with Crippen molar-refractivity contribution in [2.45, 2.75) is 11.3 Å². The number of nitrogens with one attached hydrogen (secondary N) is 1. The molecule has 0 saturated heterocycles. The monoisotopic (exact) mass is 295 g/mol. The van der Waals surface area contributed by atoms with Crippen LogP contribution in [0.1, 0.15) is 5.56 Å². The Bertz CT molecular complexity index is 708. The third kappa shape index (κ3) is 3.28. The summed E-state index contributed by atoms with van der Waals surface area (Å²) in [5.74, 6) is 0. The highest BCUT2D eigenvalue weighted by atomic mass is 32.2. The van der Waals surface area contributed by atoms with E-state index in [1.54, 1.807) is 23.0 Å². The molecule has 20 heavy (non-hydrogen) atoms. The van der Waals surface area contributed by atoms with Crippen molar-refractivity contribution >= 4 is 21.4 Å². The van der Waals surface area contributed by atoms with Crippen molar-refractivity contribution in [3.05, 3.63) is 36.2 Å². The average Bonchev–Trinajstić information content (AvgIpc) is 2.76. The normalized spacial score (nSPS) is 11.5. The van der Waals surface area contributed by atoms with Crippen LogP contribution < -0.4 is 16.2 Å². The minimum atomic E-state index is -3.81. The Hall–Kier alpha value is -2.06. The Morgan fingerprint density at radius 2 is 2.15 bits per heavy atom. The molecule has 108 valence electrons. The second-order valence-corrected chi connectivity index (χ2v) is 5.99. The zero-order valence-electron chi connectivity index (χ0n) is 11.1. The molecule has 2 rings (SSSR count). The summed E-state index contributed by atoms with van der Waals surface area (Å²) in [5.41, 5.74) is 7.60. The summed E-state index contributed by atoms with van der Waals surface area (Å²) >= 11 is 0. The van der Waals surface area contributed by atoms with Gasteiger partial charge >= 0.3 is 0 Å². The van der Waals surface area contributed by atoms with Gasteiger partial charge < -0.3 is 11.1 Å². The van der Waals surface area contributed by atoms with Crippen molar-refractivity contribution in [1.29, 1.82) is 0 Å². The van der Waals surface area contributed by atoms with Crippen LogP contribution in [0, 0.1) is 0 Å². The number of nitrogens with zero attached hydrogens (tertiary/aromatic N) is 2. The zero-order chi connectivity index (χ0) is 14.8. The lowest BCUT2D eigenvalue weighted by molar-refractivity contribution is 0.598. The van der Waals surface area contributed by atoms with E-state index in [-0.39, 0.29) is 10.6 Å². The Morgan fingerprint density at radius 3 is 2.75 bits per heavy atom. The van der Waals surface area contributed by atoms with Crippen molar-refractivity contribution in [2.75, 3.05) is 17.6 Å². The summed E-state index contributed by atoms with van der Waals surface area (Å²) < 4.78 is 24.5. The summed E-state index contributed by atoms with van der Waals surface area (Å²) in [7, 11) is -1.96. The number of anilines is 2. The third-order valence-corrected chi connectivity index (χ3v) is 3.83. The molecule has 0 aliphatic carbocycles. The molecule has 0 fully saturated rings. The predicted molar refractivity (Wildman–Crippen MR) is 77.6 cm³/mol. The fourth-order valence-corrected chi connectivity index (χ4v) is 2.57. The van der Waals surface area contributed by atoms with Gasteiger partial charge in [-0.2, -0.15) is 5.10 Å². The van der Waals surface area contributed by atoms with Crippen LogP contribution in [-0.2, 0) is 23.5 Å². The molecule has 5 N–H and O–H groups in total. The first kappa shape index (κ1) is 14.4. The maximum Gasteiger partial charge on any atom is 0.240 e. The number of nitrogen functional groups attached to an aromatic ring is 1. The van der Waals surface area contributed by atoms with Crippen molar-refractivity contribution < 1.29 is 8.42 Å². The molecule has 0 amide bonds. The first-order valence-electron chi connectivity index (χ1n) is 6.00. The van der Waals surface area contributed by atoms with E-state index >= 15 is 0 Å². The Labute approximate surface area is 117 Å². The van der Waals surface area contributed by atoms with Gasteiger partial charge in [-0.05, 0) is 24.1 Å². The number of nitrogens with two attached hydrogens (primary N) is 2. The molecule has 0 aliphatic rings. The summed E-state index contributed by atoms with van der Waals surface area (Å²) in [5, 5.41) is 12.3. The van der Waals surface area contributed by atoms with Gasteiger partial charge in [0.25, 0.3) is 0 Å². The molecule has 0 bridgehead atoms. The smallest absolute Gasteiger partial charge is 0.240 e. The highest BCUT2D eigenvalue weighted by Gasteiger charge is 2.14. The van der Waals surface area contributed by atoms with Gasteiger partial charge in [0, 0.05) is 19.8 Å². The van der Waals surface area contributed by atoms with Gasteiger partial charge in [-0.25, -0.2) is 13.6 Å². The average molecular weight is 295 g/mol. The molecule has 0 unspecified atom stereocenters. The van der Waals surface area contributed by atoms with Gasteiger partial charge in [-0.15, -0.1) is 0 Å². The van der Waals surface area contributed by atoms with E-state index in [1.165, 1.54) is 6.07 Å². The van der Waals surface area contributed by atoms with Crippen molar-refractivity contribution in [3.8, 4) is 0 Å². The molecule has 8 heteroatoms. The molecular formula is C12H17N5O2S. The second kappa shape index (κ2) is 5.51. The standard InChI is InChI=1S/C12H17N5O2S/c1-17-8-9(7-16-17)5-6-15-10-3-2-4-11(12(10)13)20(14,18)19/h2-4,7-8,15H,5-6,13H2,1H3,(H2,14,18,19). The lowest BCUT2D eigenvalue weighted by Crippen LogP contribution is -2.16. The predicted octanol–water partition coefficient (Wildman–Crippen LogP) is 0.304. The van der Waals surface area contributed by atoms with Crippen LogP contribution in [0.15, 0.2) is 35.5 Å². The van der Waals surface area contributed by atoms with Crippen LogP contribution in [0.25, 0.3) is 0 Å². The Balaban J connectivity index is 2.07. The number of hydrogen-bond acceptors (Lipinski definition) is 5. The molecule has 0 aliphatic heterocycles. The molecule has 0 saturated carbocycles. The highest BCUT2D eigenvalue weighted by Crippen LogP contribution is 2.25. The molecule has 1 aromatic heterocycles. The van der Waals surface area contributed by atoms with Crippen molar-refractivity contribution in [1.82, 2.24) is 9.78 Å². The number of rotatable bonds is 5. The molecule has 2 aromatic rings. The van der Waals surface area contributed by atoms with E-state index in [9.17, 15) is 8.42 Å². The maximum absolute atomic E-state index is 11.4. The number of benzene rings is 1. The first-order chi connectivity index (χ1) is 9.38. The second-order valence-electron chi connectivity index (χ2n) is 4.46. The number of hydrogen-bond donors (Lipinski definition) is 3. The minimum absolute atomic E-state index is 0.0659. The summed E-state index contributed by atoms with van der Waals surface area (Å²) in [4.78, 5) is -0.0659. The highest BCUT2D eigenvalue weighted by molar-refractivity contribution is 7.89. The number of aryl methyl sites for hydroxylation is 1. The summed E-state index contributed by atoms with van der Waals surface area (Å²) in [6, 6.07) is 4.70. The molecule has 7 nitrogen and oxygen atoms in total. The van der Waals surface area contributed by atoms with Gasteiger partial charge in [-0.3, -0.25) is 4.68 Å². The van der Waals surface area contributed by atoms with Crippen LogP contribution in [-0.4, -0.2) is 24.7 Å². The van der Waals surface area contributed by atoms with Gasteiger partial charge in [0.2, 0.25) is 10.0 Å². The van der Waals surface area contributed by atoms with E-state index in [2.05, 4.69) is 10.4 Å². The van der Waals surface area contributed by atoms with Crippen molar-refractivity contribution in [3.63, 3.8) is 0 Å². The Kier molecular flexibility index (Phi) is 3.96. The molecule has 0 radical (unpaired) electrons. The molecule has 1 heterocycles. The summed E-state index contributed by atoms with van der Waals surface area (Å²) in [6.45, 7) is 0.615. The van der Waals surface area contributed by atoms with Crippen LogP contribution in [0.5, 0.6) is 0 Å². The molecular weight excluding hydrogens is 278 g/mol. The van der Waals surface area contributed by atoms with Crippen LogP contribution >= 0.6 is 0 Å². The molecule has 0 spiro atoms. The first-order valence-corrected chi connectivity index (χ1v) is 7.55. The number of sulfonamides is 1. The SMILES string of the molecule is Cn1cc(CCNc2cccc(S(N)(=O)=O)c2N)cn1. The van der Waals surface area contributed by atoms with E-state index in [4.69, 9.17) is 10.9 Å². The van der Waals surface area contributed by atoms with Crippen LogP contribution in [0.2, 0.25) is 0 Å². The lowest BCUT2D eigenvalue weighted by Gasteiger charge is -2.11. The van der Waals surface area contributed by atoms with Crippen molar-refractivity contribution in [2.24, 2.45) is 12.2 Å². The molecule has 0 atom stereocenters. The summed E-state index contributed by atoms with van der Waals surface area (Å²) in [6.07, 6.45) is 4.46. The van der Waals surface area contributed by atoms with E-state index < -0.39 is 10.0 Å². The lowest BCUT2D eigenvalue weighted by atomic mass is 10.2. The quantitative estimate of drug-likeness (QED) is 0.686. The number of para-hydroxylation sites is 1. The maximum atomic E-state index is 11.4. The fourth-order valence-electron chi connectivity index (χ4n) is 1.89. The van der Waals surface area contributed by atoms with Crippen LogP contribution in [0.3, 0.4) is 0 Å². The number of aromatic nitrogens is 2. The van der Waals surface area contributed by atoms with E-state index in [0.717, 1.165) is 12.0 Å². The molecule has 1 aromatic carbocycles. The zero-order valence-corrected chi connectivity index (χ0v) is 11.9. The minimum Gasteiger partial charge on any atom is -0.396 e. The van der Waals surface area contributed by atoms with Crippen LogP contribution in [0.4, 0.5) is 11.4 Å². The van der Waals surface area contributed by atoms with Gasteiger partial charge in [0.1, 0.15) is 4.90 Å². The Morgan fingerprint density at radius 1 is 1.40 bits per heavy atom. The van der Waals surface area contributed by atoms with Gasteiger partial charge in [-0.1, -0.05) is 6.07 Å². The van der Waals surface area contributed by atoms with Gasteiger partial charge in [0.15, 0.2) is 0 Å². The van der Waals surface area contributed by atoms with Gasteiger partial charge in [0.05, 0.1) is 17.6 Å². The van der Waals surface area contributed by atoms with E-state index in [1.807, 2.05) is 13.2 Å². The van der Waals surface area contributed by atoms with E-state index in [0.29, 0.717) is 12.2 Å². The number of primary sulfonamides is 1. The fraction of sp³-hybridized carbons (Fsp3) is 0.250. The third-order valence-electron chi connectivity index (χ3n) is 2.86. The topological polar surface area (TPSA) is 116 Å².